The van der Waals surface area contributed by atoms with Crippen molar-refractivity contribution >= 4 is 5.97 Å². The van der Waals surface area contributed by atoms with E-state index in [1.165, 1.54) is 21.1 Å². The Hall–Kier alpha value is -0.730. The molecule has 0 aliphatic carbocycles. The fourth-order valence-electron chi connectivity index (χ4n) is 0.0680. The zero-order valence-electron chi connectivity index (χ0n) is 8.76. The fraction of sp³-hybridized carbons (Fsp3) is 0.857. The van der Waals surface area contributed by atoms with Gasteiger partial charge in [-0.2, -0.15) is 0 Å². The molecule has 0 rings (SSSR count). The first-order valence-electron chi connectivity index (χ1n) is 3.64. The van der Waals surface area contributed by atoms with Gasteiger partial charge in [-0.15, -0.1) is 0 Å². The zero-order valence-corrected chi connectivity index (χ0v) is 8.76. The summed E-state index contributed by atoms with van der Waals surface area (Å²) in [6.45, 7) is 2.47. The number of hydrogen-bond acceptors (Lipinski definition) is 6. The molecule has 7 heteroatoms. The minimum Gasteiger partial charge on any atom is -0.481 e. The van der Waals surface area contributed by atoms with E-state index in [1.807, 2.05) is 0 Å². The molecule has 0 aromatic rings. The molecule has 3 N–H and O–H groups in total. The lowest BCUT2D eigenvalue weighted by atomic mass is 10.5. The van der Waals surface area contributed by atoms with E-state index in [0.717, 1.165) is 6.92 Å². The number of carboxylic acids is 1. The number of aliphatic hydroxyl groups excluding tert-OH is 2. The third-order valence-corrected chi connectivity index (χ3v) is 0.400. The fourth-order valence-corrected chi connectivity index (χ4v) is 0.0680. The van der Waals surface area contributed by atoms with Gasteiger partial charge in [0.15, 0.2) is 0 Å². The predicted molar refractivity (Wildman–Crippen MR) is 47.2 cm³/mol. The third-order valence-electron chi connectivity index (χ3n) is 0.400. The van der Waals surface area contributed by atoms with Gasteiger partial charge in [-0.25, -0.2) is 9.78 Å². The van der Waals surface area contributed by atoms with Crippen molar-refractivity contribution in [3.63, 3.8) is 0 Å². The second-order valence-corrected chi connectivity index (χ2v) is 1.95. The maximum atomic E-state index is 9.00. The lowest BCUT2D eigenvalue weighted by Gasteiger charge is -1.90. The summed E-state index contributed by atoms with van der Waals surface area (Å²) in [7, 11) is 2.73. The molecule has 0 aliphatic heterocycles. The largest absolute Gasteiger partial charge is 0.481 e. The minimum absolute atomic E-state index is 0.139. The van der Waals surface area contributed by atoms with Crippen LogP contribution in [-0.4, -0.2) is 48.2 Å². The Bertz CT molecular complexity index is 98.2. The highest BCUT2D eigenvalue weighted by atomic mass is 17.5. The topological polar surface area (TPSA) is 105 Å². The van der Waals surface area contributed by atoms with E-state index >= 15 is 0 Å². The summed E-state index contributed by atoms with van der Waals surface area (Å²) in [4.78, 5) is 16.9. The van der Waals surface area contributed by atoms with Crippen molar-refractivity contribution < 1.29 is 34.9 Å². The van der Waals surface area contributed by atoms with Gasteiger partial charge < -0.3 is 15.3 Å². The molecule has 0 spiro atoms. The Morgan fingerprint density at radius 1 is 1.36 bits per heavy atom. The van der Waals surface area contributed by atoms with E-state index < -0.39 is 12.1 Å². The molecule has 0 aliphatic rings. The quantitative estimate of drug-likeness (QED) is 0.432. The van der Waals surface area contributed by atoms with Gasteiger partial charge in [-0.3, -0.25) is 4.79 Å². The summed E-state index contributed by atoms with van der Waals surface area (Å²) >= 11 is 0. The average Bonchev–Trinajstić information content (AvgIpc) is 2.06. The van der Waals surface area contributed by atoms with Crippen LogP contribution in [0.3, 0.4) is 0 Å². The van der Waals surface area contributed by atoms with Crippen molar-refractivity contribution in [3.8, 4) is 0 Å². The SMILES string of the molecule is CC(=O)O.CC(O)CO.COOOC. The van der Waals surface area contributed by atoms with Gasteiger partial charge in [-0.05, 0) is 6.92 Å². The van der Waals surface area contributed by atoms with Gasteiger partial charge in [0.05, 0.1) is 26.9 Å². The van der Waals surface area contributed by atoms with Crippen LogP contribution in [0.25, 0.3) is 0 Å². The molecule has 0 bridgehead atoms. The molecular weight excluding hydrogens is 196 g/mol. The maximum Gasteiger partial charge on any atom is 0.300 e. The van der Waals surface area contributed by atoms with Crippen molar-refractivity contribution in [1.82, 2.24) is 0 Å². The van der Waals surface area contributed by atoms with Crippen molar-refractivity contribution in [1.29, 1.82) is 0 Å². The second-order valence-electron chi connectivity index (χ2n) is 1.95. The molecule has 7 nitrogen and oxygen atoms in total. The molecule has 0 radical (unpaired) electrons. The Balaban J connectivity index is -0.000000131. The van der Waals surface area contributed by atoms with Crippen molar-refractivity contribution in [3.05, 3.63) is 0 Å². The number of aliphatic carboxylic acids is 1. The van der Waals surface area contributed by atoms with Gasteiger partial charge >= 0.3 is 0 Å². The van der Waals surface area contributed by atoms with Gasteiger partial charge in [-0.1, -0.05) is 5.04 Å². The molecule has 0 saturated carbocycles. The second kappa shape index (κ2) is 18.1. The standard InChI is InChI=1S/C3H8O2.C2H6O3.C2H4O2/c1-3(5)2-4;1-3-5-4-2;1-2(3)4/h3-5H,2H2,1H3;1-2H3;1H3,(H,3,4). The molecule has 0 aromatic carbocycles. The first-order chi connectivity index (χ1) is 6.42. The van der Waals surface area contributed by atoms with E-state index in [4.69, 9.17) is 20.1 Å². The molecule has 0 aromatic heterocycles. The van der Waals surface area contributed by atoms with Crippen molar-refractivity contribution in [2.75, 3.05) is 20.8 Å². The molecule has 1 atom stereocenters. The highest BCUT2D eigenvalue weighted by Gasteiger charge is 1.83. The molecule has 0 amide bonds. The van der Waals surface area contributed by atoms with Crippen LogP contribution < -0.4 is 0 Å². The number of aliphatic hydroxyl groups is 2. The van der Waals surface area contributed by atoms with E-state index in [9.17, 15) is 0 Å². The Morgan fingerprint density at radius 3 is 1.57 bits per heavy atom. The number of hydrogen-bond donors (Lipinski definition) is 3. The highest BCUT2D eigenvalue weighted by Crippen LogP contribution is 1.68. The minimum atomic E-state index is -0.833. The van der Waals surface area contributed by atoms with Crippen LogP contribution in [0.5, 0.6) is 0 Å². The van der Waals surface area contributed by atoms with Crippen molar-refractivity contribution in [2.24, 2.45) is 0 Å². The zero-order chi connectivity index (χ0) is 12.0. The smallest absolute Gasteiger partial charge is 0.300 e. The summed E-state index contributed by atoms with van der Waals surface area (Å²) < 4.78 is 0. The average molecular weight is 214 g/mol. The highest BCUT2D eigenvalue weighted by molar-refractivity contribution is 5.62. The summed E-state index contributed by atoms with van der Waals surface area (Å²) in [6, 6.07) is 0. The van der Waals surface area contributed by atoms with Crippen molar-refractivity contribution in [2.45, 2.75) is 20.0 Å². The monoisotopic (exact) mass is 214 g/mol. The normalized spacial score (nSPS) is 10.1. The van der Waals surface area contributed by atoms with E-state index in [1.54, 1.807) is 0 Å². The first-order valence-corrected chi connectivity index (χ1v) is 3.64. The van der Waals surface area contributed by atoms with Crippen LogP contribution in [0, 0.1) is 0 Å². The number of carboxylic acid groups (broad SMARTS) is 1. The van der Waals surface area contributed by atoms with Crippen LogP contribution in [0.2, 0.25) is 0 Å². The van der Waals surface area contributed by atoms with Gasteiger partial charge in [0.1, 0.15) is 0 Å². The molecular formula is C7H18O7. The molecule has 0 saturated heterocycles. The molecule has 1 unspecified atom stereocenters. The number of carbonyl (C=O) groups is 1. The van der Waals surface area contributed by atoms with Crippen LogP contribution in [-0.2, 0) is 19.6 Å². The lowest BCUT2D eigenvalue weighted by Crippen LogP contribution is -2.03. The third kappa shape index (κ3) is 111. The van der Waals surface area contributed by atoms with Crippen LogP contribution in [0.15, 0.2) is 0 Å². The Labute approximate surface area is 82.7 Å². The Kier molecular flexibility index (Phi) is 24.5. The summed E-state index contributed by atoms with van der Waals surface area (Å²) in [5, 5.41) is 27.3. The number of rotatable bonds is 3. The van der Waals surface area contributed by atoms with E-state index in [2.05, 4.69) is 14.8 Å². The van der Waals surface area contributed by atoms with Gasteiger partial charge in [0.25, 0.3) is 5.97 Å². The summed E-state index contributed by atoms with van der Waals surface area (Å²) in [6.07, 6.45) is -0.560. The lowest BCUT2D eigenvalue weighted by molar-refractivity contribution is -0.491. The van der Waals surface area contributed by atoms with Crippen LogP contribution in [0.1, 0.15) is 13.8 Å². The first kappa shape index (κ1) is 18.9. The molecule has 14 heavy (non-hydrogen) atoms. The molecule has 0 heterocycles. The van der Waals surface area contributed by atoms with E-state index in [0.29, 0.717) is 0 Å². The molecule has 0 fully saturated rings. The Morgan fingerprint density at radius 2 is 1.57 bits per heavy atom. The summed E-state index contributed by atoms with van der Waals surface area (Å²) in [5.74, 6) is -0.833. The van der Waals surface area contributed by atoms with E-state index in [-0.39, 0.29) is 6.61 Å². The van der Waals surface area contributed by atoms with Gasteiger partial charge in [0.2, 0.25) is 0 Å². The predicted octanol–water partition coefficient (Wildman–Crippen LogP) is -0.424. The van der Waals surface area contributed by atoms with Crippen LogP contribution >= 0.6 is 0 Å². The maximum absolute atomic E-state index is 9.00. The molecule has 88 valence electrons. The van der Waals surface area contributed by atoms with Gasteiger partial charge in [0, 0.05) is 6.92 Å². The van der Waals surface area contributed by atoms with Crippen LogP contribution in [0.4, 0.5) is 0 Å². The summed E-state index contributed by atoms with van der Waals surface area (Å²) in [5.41, 5.74) is 0.